The summed E-state index contributed by atoms with van der Waals surface area (Å²) in [5.41, 5.74) is 1.33. The van der Waals surface area contributed by atoms with Crippen LogP contribution in [0.4, 0.5) is 0 Å². The monoisotopic (exact) mass is 392 g/mol. The molecule has 0 bridgehead atoms. The van der Waals surface area contributed by atoms with Crippen LogP contribution >= 0.6 is 0 Å². The molecule has 3 nitrogen and oxygen atoms in total. The molecule has 0 aliphatic heterocycles. The summed E-state index contributed by atoms with van der Waals surface area (Å²) in [6.07, 6.45) is -0.616. The van der Waals surface area contributed by atoms with E-state index in [1.807, 2.05) is 80.6 Å². The van der Waals surface area contributed by atoms with Crippen molar-refractivity contribution in [2.75, 3.05) is 0 Å². The van der Waals surface area contributed by atoms with Crippen LogP contribution in [0.3, 0.4) is 0 Å². The second-order valence-corrected chi connectivity index (χ2v) is 8.53. The van der Waals surface area contributed by atoms with Gasteiger partial charge < -0.3 is 4.74 Å². The van der Waals surface area contributed by atoms with Gasteiger partial charge in [0.2, 0.25) is 0 Å². The maximum atomic E-state index is 13.4. The third kappa shape index (κ3) is 4.76. The van der Waals surface area contributed by atoms with E-state index >= 15 is 0 Å². The van der Waals surface area contributed by atoms with E-state index in [2.05, 4.69) is 0 Å². The number of esters is 1. The van der Waals surface area contributed by atoms with Crippen molar-refractivity contribution in [1.82, 2.24) is 0 Å². The van der Waals surface area contributed by atoms with Crippen LogP contribution in [0.25, 0.3) is 0 Å². The summed E-state index contributed by atoms with van der Waals surface area (Å²) >= 11 is 0. The van der Waals surface area contributed by atoms with E-state index in [0.717, 1.165) is 10.5 Å². The van der Waals surface area contributed by atoms with E-state index in [-0.39, 0.29) is 11.2 Å². The van der Waals surface area contributed by atoms with E-state index in [0.29, 0.717) is 5.56 Å². The third-order valence-corrected chi connectivity index (χ3v) is 6.57. The number of carbonyl (C=O) groups is 1. The first-order valence-electron chi connectivity index (χ1n) is 9.34. The van der Waals surface area contributed by atoms with Crippen molar-refractivity contribution < 1.29 is 13.7 Å². The second kappa shape index (κ2) is 9.47. The Kier molecular flexibility index (Phi) is 6.77. The van der Waals surface area contributed by atoms with Crippen LogP contribution in [0.2, 0.25) is 0 Å². The fraction of sp³-hybridized carbons (Fsp3) is 0.208. The SMILES string of the molecule is CC(C)C(C(OC(=O)c1ccccc1)c1ccccc1)S(=O)c1ccccc1. The average Bonchev–Trinajstić information content (AvgIpc) is 2.74. The molecule has 28 heavy (non-hydrogen) atoms. The Balaban J connectivity index is 1.98. The minimum Gasteiger partial charge on any atom is -0.453 e. The summed E-state index contributed by atoms with van der Waals surface area (Å²) in [5, 5.41) is -0.377. The van der Waals surface area contributed by atoms with Gasteiger partial charge in [-0.15, -0.1) is 0 Å². The van der Waals surface area contributed by atoms with Gasteiger partial charge in [0, 0.05) is 4.90 Å². The fourth-order valence-corrected chi connectivity index (χ4v) is 4.82. The minimum absolute atomic E-state index is 0.0369. The van der Waals surface area contributed by atoms with Gasteiger partial charge in [0.1, 0.15) is 6.10 Å². The van der Waals surface area contributed by atoms with Gasteiger partial charge in [0.05, 0.1) is 21.6 Å². The van der Waals surface area contributed by atoms with Crippen molar-refractivity contribution in [3.63, 3.8) is 0 Å². The van der Waals surface area contributed by atoms with Crippen LogP contribution in [0, 0.1) is 5.92 Å². The molecule has 3 rings (SSSR count). The van der Waals surface area contributed by atoms with E-state index < -0.39 is 22.9 Å². The van der Waals surface area contributed by atoms with Crippen molar-refractivity contribution in [3.05, 3.63) is 102 Å². The lowest BCUT2D eigenvalue weighted by Gasteiger charge is -2.30. The molecule has 0 fully saturated rings. The molecule has 0 heterocycles. The van der Waals surface area contributed by atoms with Crippen LogP contribution in [0.1, 0.15) is 35.9 Å². The molecular weight excluding hydrogens is 368 g/mol. The maximum absolute atomic E-state index is 13.4. The minimum atomic E-state index is -1.33. The number of benzene rings is 3. The third-order valence-electron chi connectivity index (χ3n) is 4.55. The molecule has 0 amide bonds. The lowest BCUT2D eigenvalue weighted by molar-refractivity contribution is 0.0262. The van der Waals surface area contributed by atoms with Crippen molar-refractivity contribution in [1.29, 1.82) is 0 Å². The van der Waals surface area contributed by atoms with Crippen LogP contribution in [0.15, 0.2) is 95.9 Å². The average molecular weight is 393 g/mol. The van der Waals surface area contributed by atoms with Crippen LogP contribution < -0.4 is 0 Å². The highest BCUT2D eigenvalue weighted by Crippen LogP contribution is 2.33. The molecule has 0 N–H and O–H groups in total. The molecule has 144 valence electrons. The van der Waals surface area contributed by atoms with Crippen LogP contribution in [-0.4, -0.2) is 15.4 Å². The predicted molar refractivity (Wildman–Crippen MR) is 113 cm³/mol. The van der Waals surface area contributed by atoms with E-state index in [4.69, 9.17) is 4.74 Å². The van der Waals surface area contributed by atoms with Gasteiger partial charge in [-0.1, -0.05) is 80.6 Å². The molecule has 0 aliphatic rings. The Morgan fingerprint density at radius 3 is 1.82 bits per heavy atom. The van der Waals surface area contributed by atoms with Crippen LogP contribution in [-0.2, 0) is 15.5 Å². The van der Waals surface area contributed by atoms with Crippen molar-refractivity contribution in [2.24, 2.45) is 5.92 Å². The molecule has 0 saturated heterocycles. The smallest absolute Gasteiger partial charge is 0.338 e. The Labute approximate surface area is 168 Å². The van der Waals surface area contributed by atoms with Crippen molar-refractivity contribution >= 4 is 16.8 Å². The highest BCUT2D eigenvalue weighted by molar-refractivity contribution is 7.85. The molecule has 3 unspecified atom stereocenters. The molecule has 4 heteroatoms. The molecule has 3 atom stereocenters. The zero-order chi connectivity index (χ0) is 19.9. The summed E-state index contributed by atoms with van der Waals surface area (Å²) in [6, 6.07) is 27.8. The lowest BCUT2D eigenvalue weighted by Crippen LogP contribution is -2.32. The predicted octanol–water partition coefficient (Wildman–Crippen LogP) is 5.42. The quantitative estimate of drug-likeness (QED) is 0.505. The van der Waals surface area contributed by atoms with E-state index in [1.54, 1.807) is 24.3 Å². The highest BCUT2D eigenvalue weighted by atomic mass is 32.2. The van der Waals surface area contributed by atoms with Gasteiger partial charge in [0.25, 0.3) is 0 Å². The van der Waals surface area contributed by atoms with Crippen molar-refractivity contribution in [3.8, 4) is 0 Å². The molecular formula is C24H24O3S. The molecule has 3 aromatic carbocycles. The Hall–Kier alpha value is -2.72. The van der Waals surface area contributed by atoms with Crippen LogP contribution in [0.5, 0.6) is 0 Å². The van der Waals surface area contributed by atoms with Gasteiger partial charge >= 0.3 is 5.97 Å². The van der Waals surface area contributed by atoms with Gasteiger partial charge in [-0.2, -0.15) is 0 Å². The topological polar surface area (TPSA) is 43.4 Å². The van der Waals surface area contributed by atoms with E-state index in [1.165, 1.54) is 0 Å². The van der Waals surface area contributed by atoms with E-state index in [9.17, 15) is 9.00 Å². The van der Waals surface area contributed by atoms with Gasteiger partial charge in [-0.25, -0.2) is 4.79 Å². The maximum Gasteiger partial charge on any atom is 0.338 e. The molecule has 0 spiro atoms. The fourth-order valence-electron chi connectivity index (χ4n) is 3.15. The normalized spacial score (nSPS) is 14.2. The number of rotatable bonds is 7. The largest absolute Gasteiger partial charge is 0.453 e. The Morgan fingerprint density at radius 1 is 0.786 bits per heavy atom. The molecule has 0 radical (unpaired) electrons. The van der Waals surface area contributed by atoms with Gasteiger partial charge in [-0.05, 0) is 35.7 Å². The Bertz CT molecular complexity index is 908. The summed E-state index contributed by atoms with van der Waals surface area (Å²) < 4.78 is 19.4. The molecule has 0 aromatic heterocycles. The standard InChI is InChI=1S/C24H24O3S/c1-18(2)23(28(26)21-16-10-5-11-17-21)22(19-12-6-3-7-13-19)27-24(25)20-14-8-4-9-15-20/h3-18,22-23H,1-2H3. The zero-order valence-electron chi connectivity index (χ0n) is 16.0. The lowest BCUT2D eigenvalue weighted by atomic mass is 9.98. The first kappa shape index (κ1) is 20.0. The van der Waals surface area contributed by atoms with Gasteiger partial charge in [-0.3, -0.25) is 4.21 Å². The van der Waals surface area contributed by atoms with Gasteiger partial charge in [0.15, 0.2) is 0 Å². The second-order valence-electron chi connectivity index (χ2n) is 6.92. The summed E-state index contributed by atoms with van der Waals surface area (Å²) in [7, 11) is -1.33. The highest BCUT2D eigenvalue weighted by Gasteiger charge is 2.35. The number of carbonyl (C=O) groups excluding carboxylic acids is 1. The number of hydrogen-bond acceptors (Lipinski definition) is 3. The molecule has 0 saturated carbocycles. The number of ether oxygens (including phenoxy) is 1. The zero-order valence-corrected chi connectivity index (χ0v) is 16.8. The van der Waals surface area contributed by atoms with Crippen molar-refractivity contribution in [2.45, 2.75) is 30.1 Å². The first-order chi connectivity index (χ1) is 13.6. The molecule has 3 aromatic rings. The summed E-state index contributed by atoms with van der Waals surface area (Å²) in [4.78, 5) is 13.5. The first-order valence-corrected chi connectivity index (χ1v) is 10.6. The Morgan fingerprint density at radius 2 is 1.29 bits per heavy atom. The summed E-state index contributed by atoms with van der Waals surface area (Å²) in [6.45, 7) is 4.02. The number of hydrogen-bond donors (Lipinski definition) is 0. The molecule has 0 aliphatic carbocycles. The summed E-state index contributed by atoms with van der Waals surface area (Å²) in [5.74, 6) is -0.375.